The molecule has 0 saturated heterocycles. The molecule has 3 N–H and O–H groups in total. The SMILES string of the molecule is CCc1ccc(OS(=O)(=O)C(F)(F)F)cc1.N. The van der Waals surface area contributed by atoms with Crippen LogP contribution in [0.5, 0.6) is 5.75 Å². The molecule has 1 rings (SSSR count). The quantitative estimate of drug-likeness (QED) is 0.677. The van der Waals surface area contributed by atoms with Gasteiger partial charge in [-0.05, 0) is 24.1 Å². The van der Waals surface area contributed by atoms with Crippen molar-refractivity contribution in [2.45, 2.75) is 18.9 Å². The molecular formula is C9H12F3NO3S. The maximum absolute atomic E-state index is 12.0. The Morgan fingerprint density at radius 2 is 1.65 bits per heavy atom. The largest absolute Gasteiger partial charge is 0.534 e. The molecule has 1 aromatic rings. The Labute approximate surface area is 97.1 Å². The molecule has 0 aliphatic heterocycles. The van der Waals surface area contributed by atoms with Crippen LogP contribution in [0.25, 0.3) is 0 Å². The van der Waals surface area contributed by atoms with Crippen molar-refractivity contribution in [1.29, 1.82) is 0 Å². The van der Waals surface area contributed by atoms with Crippen molar-refractivity contribution >= 4 is 10.1 Å². The van der Waals surface area contributed by atoms with Crippen LogP contribution >= 0.6 is 0 Å². The van der Waals surface area contributed by atoms with Crippen molar-refractivity contribution < 1.29 is 25.8 Å². The molecule has 17 heavy (non-hydrogen) atoms. The minimum atomic E-state index is -5.57. The first-order valence-electron chi connectivity index (χ1n) is 4.36. The van der Waals surface area contributed by atoms with Crippen LogP contribution in [0.3, 0.4) is 0 Å². The minimum Gasteiger partial charge on any atom is -0.376 e. The van der Waals surface area contributed by atoms with Crippen molar-refractivity contribution in [2.24, 2.45) is 0 Å². The standard InChI is InChI=1S/C9H9F3O3S.H3N/c1-2-7-3-5-8(6-4-7)15-16(13,14)9(10,11)12;/h3-6H,2H2,1H3;1H3. The van der Waals surface area contributed by atoms with E-state index in [9.17, 15) is 21.6 Å². The van der Waals surface area contributed by atoms with Crippen molar-refractivity contribution in [3.8, 4) is 5.75 Å². The Morgan fingerprint density at radius 1 is 1.18 bits per heavy atom. The molecule has 0 bridgehead atoms. The fourth-order valence-corrected chi connectivity index (χ4v) is 1.41. The second kappa shape index (κ2) is 5.37. The summed E-state index contributed by atoms with van der Waals surface area (Å²) in [5, 5.41) is 0. The van der Waals surface area contributed by atoms with E-state index in [0.717, 1.165) is 5.56 Å². The van der Waals surface area contributed by atoms with Crippen LogP contribution in [0.4, 0.5) is 13.2 Å². The fourth-order valence-electron chi connectivity index (χ4n) is 0.955. The van der Waals surface area contributed by atoms with E-state index in [-0.39, 0.29) is 11.9 Å². The molecule has 0 radical (unpaired) electrons. The average Bonchev–Trinajstić information content (AvgIpc) is 2.16. The molecule has 0 atom stereocenters. The lowest BCUT2D eigenvalue weighted by Crippen LogP contribution is -2.28. The third-order valence-electron chi connectivity index (χ3n) is 1.82. The van der Waals surface area contributed by atoms with Gasteiger partial charge < -0.3 is 10.3 Å². The normalized spacial score (nSPS) is 11.8. The first-order chi connectivity index (χ1) is 7.26. The molecule has 0 aromatic heterocycles. The average molecular weight is 271 g/mol. The smallest absolute Gasteiger partial charge is 0.376 e. The lowest BCUT2D eigenvalue weighted by Gasteiger charge is -2.09. The summed E-state index contributed by atoms with van der Waals surface area (Å²) in [4.78, 5) is 0. The maximum Gasteiger partial charge on any atom is 0.534 e. The first-order valence-corrected chi connectivity index (χ1v) is 5.77. The molecule has 1 aromatic carbocycles. The third-order valence-corrected chi connectivity index (χ3v) is 2.80. The molecule has 0 fully saturated rings. The van der Waals surface area contributed by atoms with Crippen LogP contribution in [0.15, 0.2) is 24.3 Å². The molecular weight excluding hydrogens is 259 g/mol. The highest BCUT2D eigenvalue weighted by Gasteiger charge is 2.48. The molecule has 0 aliphatic carbocycles. The van der Waals surface area contributed by atoms with Gasteiger partial charge in [-0.25, -0.2) is 0 Å². The molecule has 0 aliphatic rings. The van der Waals surface area contributed by atoms with Gasteiger partial charge in [-0.3, -0.25) is 0 Å². The van der Waals surface area contributed by atoms with Crippen LogP contribution in [0.1, 0.15) is 12.5 Å². The number of hydrogen-bond acceptors (Lipinski definition) is 4. The number of halogens is 3. The van der Waals surface area contributed by atoms with E-state index in [2.05, 4.69) is 4.18 Å². The van der Waals surface area contributed by atoms with Gasteiger partial charge in [-0.15, -0.1) is 0 Å². The van der Waals surface area contributed by atoms with Gasteiger partial charge in [-0.2, -0.15) is 21.6 Å². The lowest BCUT2D eigenvalue weighted by molar-refractivity contribution is -0.0500. The number of alkyl halides is 3. The minimum absolute atomic E-state index is 0. The summed E-state index contributed by atoms with van der Waals surface area (Å²) < 4.78 is 61.0. The predicted octanol–water partition coefficient (Wildman–Crippen LogP) is 2.64. The zero-order valence-electron chi connectivity index (χ0n) is 8.99. The second-order valence-corrected chi connectivity index (χ2v) is 4.52. The van der Waals surface area contributed by atoms with E-state index in [0.29, 0.717) is 6.42 Å². The van der Waals surface area contributed by atoms with E-state index in [4.69, 9.17) is 0 Å². The van der Waals surface area contributed by atoms with Gasteiger partial charge >= 0.3 is 15.6 Å². The summed E-state index contributed by atoms with van der Waals surface area (Å²) in [6.07, 6.45) is 0.701. The Morgan fingerprint density at radius 3 is 2.00 bits per heavy atom. The summed E-state index contributed by atoms with van der Waals surface area (Å²) in [6.45, 7) is 1.86. The maximum atomic E-state index is 12.0. The number of aryl methyl sites for hydroxylation is 1. The van der Waals surface area contributed by atoms with Crippen LogP contribution in [0.2, 0.25) is 0 Å². The van der Waals surface area contributed by atoms with Gasteiger partial charge in [0.1, 0.15) is 5.75 Å². The highest BCUT2D eigenvalue weighted by atomic mass is 32.2. The number of hydrogen-bond donors (Lipinski definition) is 1. The van der Waals surface area contributed by atoms with E-state index >= 15 is 0 Å². The van der Waals surface area contributed by atoms with Crippen molar-refractivity contribution in [2.75, 3.05) is 0 Å². The van der Waals surface area contributed by atoms with E-state index < -0.39 is 15.6 Å². The molecule has 0 saturated carbocycles. The zero-order chi connectivity index (χ0) is 12.4. The van der Waals surface area contributed by atoms with Crippen molar-refractivity contribution in [3.05, 3.63) is 29.8 Å². The number of benzene rings is 1. The summed E-state index contributed by atoms with van der Waals surface area (Å²) in [7, 11) is -5.57. The summed E-state index contributed by atoms with van der Waals surface area (Å²) in [5.41, 5.74) is -4.53. The van der Waals surface area contributed by atoms with E-state index in [1.54, 1.807) is 0 Å². The van der Waals surface area contributed by atoms with Crippen LogP contribution in [-0.4, -0.2) is 13.9 Å². The van der Waals surface area contributed by atoms with Gasteiger partial charge in [0.25, 0.3) is 0 Å². The Balaban J connectivity index is 0.00000256. The van der Waals surface area contributed by atoms with Crippen molar-refractivity contribution in [1.82, 2.24) is 6.15 Å². The summed E-state index contributed by atoms with van der Waals surface area (Å²) >= 11 is 0. The van der Waals surface area contributed by atoms with E-state index in [1.165, 1.54) is 24.3 Å². The van der Waals surface area contributed by atoms with E-state index in [1.807, 2.05) is 6.92 Å². The van der Waals surface area contributed by atoms with Crippen LogP contribution in [0, 0.1) is 0 Å². The molecule has 8 heteroatoms. The van der Waals surface area contributed by atoms with Gasteiger partial charge in [0.05, 0.1) is 0 Å². The van der Waals surface area contributed by atoms with Gasteiger partial charge in [0, 0.05) is 0 Å². The van der Waals surface area contributed by atoms with Crippen molar-refractivity contribution in [3.63, 3.8) is 0 Å². The zero-order valence-corrected chi connectivity index (χ0v) is 9.81. The topological polar surface area (TPSA) is 78.4 Å². The highest BCUT2D eigenvalue weighted by molar-refractivity contribution is 7.87. The fraction of sp³-hybridized carbons (Fsp3) is 0.333. The molecule has 98 valence electrons. The summed E-state index contributed by atoms with van der Waals surface area (Å²) in [5.74, 6) is -0.352. The molecule has 0 spiro atoms. The Bertz CT molecular complexity index is 453. The monoisotopic (exact) mass is 271 g/mol. The molecule has 0 heterocycles. The Kier molecular flexibility index (Phi) is 4.96. The number of rotatable bonds is 3. The van der Waals surface area contributed by atoms with Gasteiger partial charge in [0.15, 0.2) is 0 Å². The van der Waals surface area contributed by atoms with Crippen LogP contribution < -0.4 is 10.3 Å². The Hall–Kier alpha value is -1.28. The molecule has 0 unspecified atom stereocenters. The second-order valence-electron chi connectivity index (χ2n) is 2.98. The molecule has 0 amide bonds. The molecule has 4 nitrogen and oxygen atoms in total. The third kappa shape index (κ3) is 3.90. The lowest BCUT2D eigenvalue weighted by atomic mass is 10.2. The predicted molar refractivity (Wildman–Crippen MR) is 56.4 cm³/mol. The van der Waals surface area contributed by atoms with Crippen LogP contribution in [-0.2, 0) is 16.5 Å². The first kappa shape index (κ1) is 15.7. The highest BCUT2D eigenvalue weighted by Crippen LogP contribution is 2.26. The summed E-state index contributed by atoms with van der Waals surface area (Å²) in [6, 6.07) is 5.37. The van der Waals surface area contributed by atoms with Gasteiger partial charge in [-0.1, -0.05) is 19.1 Å². The van der Waals surface area contributed by atoms with Gasteiger partial charge in [0.2, 0.25) is 0 Å².